The highest BCUT2D eigenvalue weighted by molar-refractivity contribution is 5.97. The third kappa shape index (κ3) is 23.6. The Morgan fingerprint density at radius 3 is 1.86 bits per heavy atom. The molecule has 0 aliphatic heterocycles. The summed E-state index contributed by atoms with van der Waals surface area (Å²) in [5.41, 5.74) is 5.35. The first kappa shape index (κ1) is 61.8. The first-order valence-corrected chi connectivity index (χ1v) is 26.1. The quantitative estimate of drug-likeness (QED) is 0.0278. The summed E-state index contributed by atoms with van der Waals surface area (Å²) in [5, 5.41) is 14.4. The lowest BCUT2D eigenvalue weighted by atomic mass is 10.0. The Balaban J connectivity index is 1.56. The summed E-state index contributed by atoms with van der Waals surface area (Å²) in [6, 6.07) is 5.84. The zero-order chi connectivity index (χ0) is 55.1. The Labute approximate surface area is 436 Å². The van der Waals surface area contributed by atoms with Crippen LogP contribution in [-0.4, -0.2) is 147 Å². The number of benzene rings is 1. The summed E-state index contributed by atoms with van der Waals surface area (Å²) < 4.78 is 18.1. The van der Waals surface area contributed by atoms with Gasteiger partial charge in [0.2, 0.25) is 11.9 Å². The lowest BCUT2D eigenvalue weighted by molar-refractivity contribution is -0.127. The van der Waals surface area contributed by atoms with Crippen molar-refractivity contribution >= 4 is 58.8 Å². The van der Waals surface area contributed by atoms with E-state index in [9.17, 15) is 33.6 Å². The number of amides is 5. The average molecular weight is 1040 g/mol. The standard InChI is InChI=1S/C52H86N12O10/c1-12-13-28-55-45-60-42(53)41-43(61-45)64(46(68)59-41)35-36-23-25-37(26-24-36)44(67)57-34-40(66)58-38(21-14-16-27-54-11)39(65)22-15-17-30-62(48(70)73-51(5,6)7)31-18-19-32-63(49(71)74-52(8,9)10)33-20-29-56-47(69)72-50(2,3)4/h23-26,38,54H,12-22,27-35H2,1-11H3,(H,56,69)(H,57,67)(H,58,66)(H,59,68)(H3,53,55,60,61)/t38-/m0/s1. The van der Waals surface area contributed by atoms with E-state index in [-0.39, 0.29) is 31.1 Å². The van der Waals surface area contributed by atoms with Crippen LogP contribution in [0, 0.1) is 0 Å². The first-order valence-electron chi connectivity index (χ1n) is 26.1. The molecule has 22 heteroatoms. The van der Waals surface area contributed by atoms with Gasteiger partial charge in [0.25, 0.3) is 5.91 Å². The van der Waals surface area contributed by atoms with Crippen LogP contribution in [-0.2, 0) is 30.3 Å². The summed E-state index contributed by atoms with van der Waals surface area (Å²) in [7, 11) is 1.84. The fourth-order valence-electron chi connectivity index (χ4n) is 7.47. The van der Waals surface area contributed by atoms with Gasteiger partial charge >= 0.3 is 24.0 Å². The predicted molar refractivity (Wildman–Crippen MR) is 286 cm³/mol. The molecule has 74 heavy (non-hydrogen) atoms. The van der Waals surface area contributed by atoms with Gasteiger partial charge in [0.05, 0.1) is 19.1 Å². The average Bonchev–Trinajstić information content (AvgIpc) is 3.61. The molecule has 0 radical (unpaired) electrons. The van der Waals surface area contributed by atoms with Crippen molar-refractivity contribution in [3.8, 4) is 0 Å². The number of unbranched alkanes of at least 4 members (excludes halogenated alkanes) is 4. The molecule has 3 aromatic rings. The zero-order valence-electron chi connectivity index (χ0n) is 45.9. The highest BCUT2D eigenvalue weighted by atomic mass is 16.6. The number of nitrogens with zero attached hydrogens (tertiary/aromatic N) is 5. The molecule has 0 aliphatic rings. The third-order valence-corrected chi connectivity index (χ3v) is 11.1. The van der Waals surface area contributed by atoms with Crippen LogP contribution in [0.1, 0.15) is 156 Å². The molecule has 1 aromatic carbocycles. The van der Waals surface area contributed by atoms with Crippen LogP contribution in [0.4, 0.5) is 26.1 Å². The molecular weight excluding hydrogens is 953 g/mol. The number of aromatic nitrogens is 4. The van der Waals surface area contributed by atoms with Crippen LogP contribution in [0.25, 0.3) is 11.2 Å². The maximum absolute atomic E-state index is 13.7. The number of fused-ring (bicyclic) bond motifs is 1. The molecule has 5 amide bonds. The number of Topliss-reactive ketones (excluding diaryl/α,β-unsaturated/α-hetero) is 1. The molecule has 0 fully saturated rings. The molecule has 2 heterocycles. The van der Waals surface area contributed by atoms with Gasteiger partial charge in [0.15, 0.2) is 17.2 Å². The van der Waals surface area contributed by atoms with Crippen molar-refractivity contribution in [1.82, 2.24) is 50.6 Å². The highest BCUT2D eigenvalue weighted by Crippen LogP contribution is 2.19. The summed E-state index contributed by atoms with van der Waals surface area (Å²) in [6.07, 6.45) is 4.98. The molecule has 2 aromatic heterocycles. The number of hydrogen-bond acceptors (Lipinski definition) is 15. The second kappa shape index (κ2) is 30.0. The van der Waals surface area contributed by atoms with Gasteiger partial charge < -0.3 is 61.3 Å². The number of hydrogen-bond donors (Lipinski definition) is 7. The van der Waals surface area contributed by atoms with Gasteiger partial charge in [-0.25, -0.2) is 19.2 Å². The number of H-pyrrole nitrogens is 1. The Kier molecular flexibility index (Phi) is 25.1. The van der Waals surface area contributed by atoms with Gasteiger partial charge in [0.1, 0.15) is 22.3 Å². The molecule has 0 bridgehead atoms. The molecule has 8 N–H and O–H groups in total. The van der Waals surface area contributed by atoms with Gasteiger partial charge in [-0.2, -0.15) is 9.97 Å². The number of ketones is 1. The van der Waals surface area contributed by atoms with E-state index in [0.717, 1.165) is 31.4 Å². The van der Waals surface area contributed by atoms with Crippen molar-refractivity contribution in [1.29, 1.82) is 0 Å². The molecule has 0 saturated carbocycles. The number of carbonyl (C=O) groups is 6. The number of rotatable bonds is 30. The monoisotopic (exact) mass is 1040 g/mol. The second-order valence-electron chi connectivity index (χ2n) is 21.4. The van der Waals surface area contributed by atoms with Crippen molar-refractivity contribution in [2.75, 3.05) is 70.5 Å². The Morgan fingerprint density at radius 1 is 0.716 bits per heavy atom. The first-order chi connectivity index (χ1) is 34.8. The molecule has 3 rings (SSSR count). The normalized spacial score (nSPS) is 12.1. The molecule has 22 nitrogen and oxygen atoms in total. The van der Waals surface area contributed by atoms with Gasteiger partial charge in [-0.3, -0.25) is 19.0 Å². The maximum atomic E-state index is 13.7. The van der Waals surface area contributed by atoms with Crippen LogP contribution in [0.15, 0.2) is 29.1 Å². The summed E-state index contributed by atoms with van der Waals surface area (Å²) in [4.78, 5) is 106. The zero-order valence-corrected chi connectivity index (χ0v) is 45.9. The smallest absolute Gasteiger partial charge is 0.410 e. The van der Waals surface area contributed by atoms with E-state index in [1.54, 1.807) is 96.4 Å². The number of anilines is 2. The van der Waals surface area contributed by atoms with E-state index in [1.165, 1.54) is 4.57 Å². The van der Waals surface area contributed by atoms with Gasteiger partial charge in [0, 0.05) is 51.3 Å². The number of nitrogens with one attached hydrogen (secondary N) is 6. The number of ether oxygens (including phenoxy) is 3. The van der Waals surface area contributed by atoms with Crippen molar-refractivity contribution in [2.45, 2.75) is 169 Å². The minimum absolute atomic E-state index is 0.149. The third-order valence-electron chi connectivity index (χ3n) is 11.1. The fourth-order valence-corrected chi connectivity index (χ4v) is 7.47. The maximum Gasteiger partial charge on any atom is 0.410 e. The second-order valence-corrected chi connectivity index (χ2v) is 21.4. The van der Waals surface area contributed by atoms with E-state index in [1.807, 2.05) is 7.05 Å². The molecule has 414 valence electrons. The number of nitrogen functional groups attached to an aromatic ring is 1. The van der Waals surface area contributed by atoms with Gasteiger partial charge in [-0.15, -0.1) is 0 Å². The minimum atomic E-state index is -0.768. The van der Waals surface area contributed by atoms with Gasteiger partial charge in [-0.1, -0.05) is 25.5 Å². The topological polar surface area (TPSA) is 286 Å². The van der Waals surface area contributed by atoms with Crippen LogP contribution in [0.3, 0.4) is 0 Å². The molecule has 0 spiro atoms. The van der Waals surface area contributed by atoms with E-state index in [0.29, 0.717) is 107 Å². The molecule has 0 unspecified atom stereocenters. The van der Waals surface area contributed by atoms with Crippen molar-refractivity contribution in [3.63, 3.8) is 0 Å². The molecule has 1 atom stereocenters. The number of aromatic amines is 1. The summed E-state index contributed by atoms with van der Waals surface area (Å²) >= 11 is 0. The van der Waals surface area contributed by atoms with Crippen molar-refractivity contribution < 1.29 is 43.0 Å². The Bertz CT molecular complexity index is 2330. The Morgan fingerprint density at radius 2 is 1.30 bits per heavy atom. The fraction of sp³-hybridized carbons (Fsp3) is 0.673. The lowest BCUT2D eigenvalue weighted by Gasteiger charge is -2.29. The van der Waals surface area contributed by atoms with E-state index < -0.39 is 58.6 Å². The molecule has 0 aliphatic carbocycles. The largest absolute Gasteiger partial charge is 0.444 e. The van der Waals surface area contributed by atoms with Crippen molar-refractivity contribution in [3.05, 3.63) is 45.9 Å². The van der Waals surface area contributed by atoms with Crippen LogP contribution >= 0.6 is 0 Å². The predicted octanol–water partition coefficient (Wildman–Crippen LogP) is 6.48. The van der Waals surface area contributed by atoms with E-state index in [4.69, 9.17) is 19.9 Å². The highest BCUT2D eigenvalue weighted by Gasteiger charge is 2.26. The lowest BCUT2D eigenvalue weighted by Crippen LogP contribution is -2.45. The minimum Gasteiger partial charge on any atom is -0.444 e. The van der Waals surface area contributed by atoms with E-state index >= 15 is 0 Å². The summed E-state index contributed by atoms with van der Waals surface area (Å²) in [6.45, 7) is 21.0. The molecular formula is C52H86N12O10. The number of imidazole rings is 1. The number of carbonyl (C=O) groups excluding carboxylic acids is 6. The SMILES string of the molecule is CCCCNc1nc(N)c2[nH]c(=O)n(Cc3ccc(C(=O)NCC(=O)N[C@@H](CCCCNC)C(=O)CCCCN(CCCCN(CCCNC(=O)OC(C)(C)C)C(=O)OC(C)(C)C)C(=O)OC(C)(C)C)cc3)c2n1. The van der Waals surface area contributed by atoms with Crippen LogP contribution in [0.5, 0.6) is 0 Å². The number of nitrogens with two attached hydrogens (primary N) is 1. The molecule has 0 saturated heterocycles. The van der Waals surface area contributed by atoms with Gasteiger partial charge in [-0.05, 0) is 151 Å². The van der Waals surface area contributed by atoms with E-state index in [2.05, 4.69) is 48.5 Å². The summed E-state index contributed by atoms with van der Waals surface area (Å²) in [5.74, 6) is -0.674. The Hall–Kier alpha value is -6.45. The van der Waals surface area contributed by atoms with Crippen LogP contribution in [0.2, 0.25) is 0 Å². The number of alkyl carbamates (subject to hydrolysis) is 1. The van der Waals surface area contributed by atoms with Crippen LogP contribution < -0.4 is 38.0 Å². The van der Waals surface area contributed by atoms with Crippen molar-refractivity contribution in [2.24, 2.45) is 0 Å².